The second-order valence-corrected chi connectivity index (χ2v) is 4.64. The molecule has 0 unspecified atom stereocenters. The van der Waals surface area contributed by atoms with Crippen LogP contribution in [0.5, 0.6) is 0 Å². The summed E-state index contributed by atoms with van der Waals surface area (Å²) in [6.45, 7) is 0. The van der Waals surface area contributed by atoms with E-state index < -0.39 is 29.7 Å². The molecule has 0 atom stereocenters. The smallest absolute Gasteiger partial charge is 0.273 e. The van der Waals surface area contributed by atoms with E-state index in [2.05, 4.69) is 10.5 Å². The molecule has 1 aliphatic heterocycles. The average molecular weight is 302 g/mol. The Labute approximate surface area is 126 Å². The molecule has 2 rings (SSSR count). The molecule has 0 aliphatic carbocycles. The SMILES string of the molecule is CN1C(=O)C(/C=N/NC(=O)c2ccccc2)C(=O)N(C)C1=O. The number of hydrazone groups is 1. The summed E-state index contributed by atoms with van der Waals surface area (Å²) in [6, 6.07) is 7.66. The number of urea groups is 1. The van der Waals surface area contributed by atoms with Crippen molar-refractivity contribution in [3.8, 4) is 0 Å². The molecule has 1 N–H and O–H groups in total. The first kappa shape index (κ1) is 15.4. The highest BCUT2D eigenvalue weighted by Crippen LogP contribution is 2.13. The number of nitrogens with zero attached hydrogens (tertiary/aromatic N) is 3. The van der Waals surface area contributed by atoms with E-state index in [0.717, 1.165) is 16.0 Å². The summed E-state index contributed by atoms with van der Waals surface area (Å²) in [5, 5.41) is 3.64. The molecule has 1 heterocycles. The summed E-state index contributed by atoms with van der Waals surface area (Å²) in [7, 11) is 2.55. The summed E-state index contributed by atoms with van der Waals surface area (Å²) in [5.41, 5.74) is 2.63. The Morgan fingerprint density at radius 1 is 1.09 bits per heavy atom. The minimum atomic E-state index is -1.23. The largest absolute Gasteiger partial charge is 0.332 e. The molecule has 1 fully saturated rings. The summed E-state index contributed by atoms with van der Waals surface area (Å²) < 4.78 is 0. The van der Waals surface area contributed by atoms with Crippen molar-refractivity contribution in [1.82, 2.24) is 15.2 Å². The van der Waals surface area contributed by atoms with Crippen molar-refractivity contribution < 1.29 is 19.2 Å². The first-order valence-corrected chi connectivity index (χ1v) is 6.41. The van der Waals surface area contributed by atoms with Crippen molar-refractivity contribution in [2.45, 2.75) is 0 Å². The Kier molecular flexibility index (Phi) is 4.31. The molecule has 1 aromatic rings. The van der Waals surface area contributed by atoms with Gasteiger partial charge in [0.25, 0.3) is 5.91 Å². The topological polar surface area (TPSA) is 99.2 Å². The molecule has 0 spiro atoms. The Hall–Kier alpha value is -3.03. The summed E-state index contributed by atoms with van der Waals surface area (Å²) in [6.07, 6.45) is 1.02. The maximum Gasteiger partial charge on any atom is 0.332 e. The number of hydrogen-bond acceptors (Lipinski definition) is 5. The van der Waals surface area contributed by atoms with E-state index in [9.17, 15) is 19.2 Å². The van der Waals surface area contributed by atoms with Crippen molar-refractivity contribution in [1.29, 1.82) is 0 Å². The second-order valence-electron chi connectivity index (χ2n) is 4.64. The van der Waals surface area contributed by atoms with Crippen LogP contribution in [0.1, 0.15) is 10.4 Å². The summed E-state index contributed by atoms with van der Waals surface area (Å²) >= 11 is 0. The van der Waals surface area contributed by atoms with Gasteiger partial charge in [-0.3, -0.25) is 24.2 Å². The van der Waals surface area contributed by atoms with Gasteiger partial charge < -0.3 is 0 Å². The molecule has 0 bridgehead atoms. The van der Waals surface area contributed by atoms with Gasteiger partial charge in [0.2, 0.25) is 11.8 Å². The lowest BCUT2D eigenvalue weighted by atomic mass is 10.1. The number of nitrogens with one attached hydrogen (secondary N) is 1. The van der Waals surface area contributed by atoms with E-state index in [1.165, 1.54) is 14.1 Å². The van der Waals surface area contributed by atoms with Gasteiger partial charge in [-0.25, -0.2) is 10.2 Å². The van der Waals surface area contributed by atoms with Gasteiger partial charge in [0.15, 0.2) is 5.92 Å². The minimum Gasteiger partial charge on any atom is -0.273 e. The lowest BCUT2D eigenvalue weighted by Gasteiger charge is -2.30. The number of rotatable bonds is 3. The Bertz CT molecular complexity index is 632. The van der Waals surface area contributed by atoms with Crippen LogP contribution in [-0.2, 0) is 9.59 Å². The van der Waals surface area contributed by atoms with Crippen LogP contribution in [0.2, 0.25) is 0 Å². The molecule has 1 aliphatic rings. The molecule has 114 valence electrons. The summed E-state index contributed by atoms with van der Waals surface area (Å²) in [5.74, 6) is -3.08. The zero-order valence-electron chi connectivity index (χ0n) is 12.0. The van der Waals surface area contributed by atoms with Crippen LogP contribution >= 0.6 is 0 Å². The molecule has 1 aromatic carbocycles. The van der Waals surface area contributed by atoms with Crippen LogP contribution in [0.15, 0.2) is 35.4 Å². The Balaban J connectivity index is 2.06. The normalized spacial score (nSPS) is 16.5. The summed E-state index contributed by atoms with van der Waals surface area (Å²) in [4.78, 5) is 48.8. The molecular formula is C14H14N4O4. The fourth-order valence-corrected chi connectivity index (χ4v) is 1.89. The number of barbiturate groups is 1. The second kappa shape index (κ2) is 6.17. The highest BCUT2D eigenvalue weighted by Gasteiger charge is 2.41. The minimum absolute atomic E-state index is 0.394. The molecule has 8 heteroatoms. The molecule has 0 radical (unpaired) electrons. The zero-order valence-corrected chi connectivity index (χ0v) is 12.0. The molecular weight excluding hydrogens is 288 g/mol. The number of carbonyl (C=O) groups is 4. The van der Waals surface area contributed by atoms with Crippen molar-refractivity contribution >= 4 is 30.0 Å². The zero-order chi connectivity index (χ0) is 16.3. The van der Waals surface area contributed by atoms with Gasteiger partial charge in [0.05, 0.1) is 0 Å². The van der Waals surface area contributed by atoms with Crippen molar-refractivity contribution in [2.24, 2.45) is 11.0 Å². The predicted molar refractivity (Wildman–Crippen MR) is 76.8 cm³/mol. The average Bonchev–Trinajstić information content (AvgIpc) is 2.55. The van der Waals surface area contributed by atoms with E-state index in [1.807, 2.05) is 0 Å². The molecule has 5 amide bonds. The highest BCUT2D eigenvalue weighted by atomic mass is 16.2. The molecule has 22 heavy (non-hydrogen) atoms. The van der Waals surface area contributed by atoms with Gasteiger partial charge in [0.1, 0.15) is 0 Å². The quantitative estimate of drug-likeness (QED) is 0.485. The van der Waals surface area contributed by atoms with Crippen LogP contribution < -0.4 is 5.43 Å². The number of amides is 5. The molecule has 8 nitrogen and oxygen atoms in total. The van der Waals surface area contributed by atoms with Crippen LogP contribution in [0, 0.1) is 5.92 Å². The monoisotopic (exact) mass is 302 g/mol. The fraction of sp³-hybridized carbons (Fsp3) is 0.214. The third kappa shape index (κ3) is 2.85. The third-order valence-electron chi connectivity index (χ3n) is 3.19. The van der Waals surface area contributed by atoms with Crippen molar-refractivity contribution in [2.75, 3.05) is 14.1 Å². The molecule has 0 saturated carbocycles. The Morgan fingerprint density at radius 3 is 2.18 bits per heavy atom. The van der Waals surface area contributed by atoms with Crippen molar-refractivity contribution in [3.63, 3.8) is 0 Å². The Morgan fingerprint density at radius 2 is 1.64 bits per heavy atom. The first-order chi connectivity index (χ1) is 10.4. The van der Waals surface area contributed by atoms with E-state index in [1.54, 1.807) is 30.3 Å². The van der Waals surface area contributed by atoms with Gasteiger partial charge in [-0.15, -0.1) is 0 Å². The lowest BCUT2D eigenvalue weighted by molar-refractivity contribution is -0.144. The number of hydrogen-bond donors (Lipinski definition) is 1. The van der Waals surface area contributed by atoms with E-state index in [0.29, 0.717) is 5.56 Å². The van der Waals surface area contributed by atoms with Gasteiger partial charge >= 0.3 is 6.03 Å². The third-order valence-corrected chi connectivity index (χ3v) is 3.19. The molecule has 0 aromatic heterocycles. The van der Waals surface area contributed by atoms with Gasteiger partial charge in [-0.05, 0) is 12.1 Å². The van der Waals surface area contributed by atoms with E-state index in [4.69, 9.17) is 0 Å². The van der Waals surface area contributed by atoms with Crippen LogP contribution in [0.3, 0.4) is 0 Å². The van der Waals surface area contributed by atoms with Gasteiger partial charge in [-0.2, -0.15) is 5.10 Å². The maximum absolute atomic E-state index is 11.9. The van der Waals surface area contributed by atoms with E-state index >= 15 is 0 Å². The van der Waals surface area contributed by atoms with Crippen LogP contribution in [-0.4, -0.2) is 53.9 Å². The van der Waals surface area contributed by atoms with Gasteiger partial charge in [0, 0.05) is 25.9 Å². The molecule has 1 saturated heterocycles. The maximum atomic E-state index is 11.9. The fourth-order valence-electron chi connectivity index (χ4n) is 1.89. The van der Waals surface area contributed by atoms with Crippen molar-refractivity contribution in [3.05, 3.63) is 35.9 Å². The predicted octanol–water partition coefficient (Wildman–Crippen LogP) is 0.0688. The first-order valence-electron chi connectivity index (χ1n) is 6.41. The standard InChI is InChI=1S/C14H14N4O4/c1-17-12(20)10(13(21)18(2)14(17)22)8-15-16-11(19)9-6-4-3-5-7-9/h3-8,10H,1-2H3,(H,16,19)/b15-8+. The highest BCUT2D eigenvalue weighted by molar-refractivity contribution is 6.23. The number of benzene rings is 1. The number of carbonyl (C=O) groups excluding carboxylic acids is 4. The lowest BCUT2D eigenvalue weighted by Crippen LogP contribution is -2.57. The van der Waals surface area contributed by atoms with Crippen LogP contribution in [0.4, 0.5) is 4.79 Å². The van der Waals surface area contributed by atoms with E-state index in [-0.39, 0.29) is 0 Å². The number of imide groups is 2. The van der Waals surface area contributed by atoms with Crippen LogP contribution in [0.25, 0.3) is 0 Å². The van der Waals surface area contributed by atoms with Gasteiger partial charge in [-0.1, -0.05) is 18.2 Å².